The molecule has 0 bridgehead atoms. The van der Waals surface area contributed by atoms with Crippen LogP contribution < -0.4 is 0 Å². The van der Waals surface area contributed by atoms with E-state index in [0.717, 1.165) is 27.9 Å². The van der Waals surface area contributed by atoms with Gasteiger partial charge in [0, 0.05) is 5.56 Å². The number of carbonyl (C=O) groups excluding carboxylic acids is 1. The molecule has 0 unspecified atom stereocenters. The normalized spacial score (nSPS) is 11.4. The molecule has 0 N–H and O–H groups in total. The molecule has 0 fully saturated rings. The van der Waals surface area contributed by atoms with E-state index >= 15 is 0 Å². The molecule has 0 spiro atoms. The first-order chi connectivity index (χ1) is 15.7. The van der Waals surface area contributed by atoms with E-state index in [1.807, 2.05) is 60.7 Å². The van der Waals surface area contributed by atoms with E-state index in [1.165, 1.54) is 5.56 Å². The summed E-state index contributed by atoms with van der Waals surface area (Å²) in [5.41, 5.74) is 6.27. The highest BCUT2D eigenvalue weighted by molar-refractivity contribution is 5.86. The van der Waals surface area contributed by atoms with Gasteiger partial charge in [0.25, 0.3) is 5.82 Å². The van der Waals surface area contributed by atoms with Gasteiger partial charge >= 0.3 is 5.97 Å². The molecule has 0 radical (unpaired) electrons. The molecule has 4 aromatic rings. The Labute approximate surface area is 195 Å². The standard InChI is InChI=1S/C28H29N3O2/c1-19-16-22(28(3,4)5)17-20(2)24(19)18-33-27(32)25-29-26(21-12-8-6-9-13-21)31(30-25)23-14-10-7-11-15-23/h6-17H,18H2,1-5H3. The van der Waals surface area contributed by atoms with Gasteiger partial charge in [-0.05, 0) is 53.6 Å². The molecule has 4 rings (SSSR count). The molecule has 33 heavy (non-hydrogen) atoms. The van der Waals surface area contributed by atoms with Crippen molar-refractivity contribution in [3.05, 3.63) is 101 Å². The zero-order chi connectivity index (χ0) is 23.6. The Morgan fingerprint density at radius 2 is 1.48 bits per heavy atom. The van der Waals surface area contributed by atoms with Crippen molar-refractivity contribution >= 4 is 5.97 Å². The molecule has 0 atom stereocenters. The molecule has 0 saturated heterocycles. The summed E-state index contributed by atoms with van der Waals surface area (Å²) >= 11 is 0. The topological polar surface area (TPSA) is 57.0 Å². The lowest BCUT2D eigenvalue weighted by molar-refractivity contribution is 0.0457. The summed E-state index contributed by atoms with van der Waals surface area (Å²) in [6, 6.07) is 23.7. The molecule has 5 nitrogen and oxygen atoms in total. The summed E-state index contributed by atoms with van der Waals surface area (Å²) in [5, 5.41) is 4.49. The van der Waals surface area contributed by atoms with E-state index in [-0.39, 0.29) is 17.8 Å². The van der Waals surface area contributed by atoms with Crippen molar-refractivity contribution in [2.45, 2.75) is 46.6 Å². The third-order valence-electron chi connectivity index (χ3n) is 5.73. The third kappa shape index (κ3) is 4.87. The molecule has 0 aliphatic heterocycles. The minimum atomic E-state index is -0.541. The lowest BCUT2D eigenvalue weighted by atomic mass is 9.84. The number of esters is 1. The molecular formula is C28H29N3O2. The molecule has 1 heterocycles. The van der Waals surface area contributed by atoms with Gasteiger partial charge in [0.15, 0.2) is 5.82 Å². The summed E-state index contributed by atoms with van der Waals surface area (Å²) in [5.74, 6) is 0.0931. The largest absolute Gasteiger partial charge is 0.455 e. The van der Waals surface area contributed by atoms with Crippen molar-refractivity contribution in [2.24, 2.45) is 0 Å². The van der Waals surface area contributed by atoms with Crippen LogP contribution in [0.1, 0.15) is 53.6 Å². The summed E-state index contributed by atoms with van der Waals surface area (Å²) in [4.78, 5) is 17.5. The van der Waals surface area contributed by atoms with Crippen molar-refractivity contribution in [3.63, 3.8) is 0 Å². The van der Waals surface area contributed by atoms with Gasteiger partial charge in [0.2, 0.25) is 0 Å². The second-order valence-corrected chi connectivity index (χ2v) is 9.29. The number of benzene rings is 3. The highest BCUT2D eigenvalue weighted by atomic mass is 16.5. The number of carbonyl (C=O) groups is 1. The highest BCUT2D eigenvalue weighted by Crippen LogP contribution is 2.27. The van der Waals surface area contributed by atoms with Crippen LogP contribution in [0.25, 0.3) is 17.1 Å². The zero-order valence-electron chi connectivity index (χ0n) is 19.8. The average molecular weight is 440 g/mol. The fraction of sp³-hybridized carbons (Fsp3) is 0.250. The van der Waals surface area contributed by atoms with E-state index < -0.39 is 5.97 Å². The number of aryl methyl sites for hydroxylation is 2. The predicted molar refractivity (Wildman–Crippen MR) is 131 cm³/mol. The van der Waals surface area contributed by atoms with E-state index in [1.54, 1.807) is 4.68 Å². The number of hydrogen-bond acceptors (Lipinski definition) is 4. The maximum absolute atomic E-state index is 12.9. The van der Waals surface area contributed by atoms with Crippen molar-refractivity contribution in [1.29, 1.82) is 0 Å². The van der Waals surface area contributed by atoms with Crippen molar-refractivity contribution in [3.8, 4) is 17.1 Å². The van der Waals surface area contributed by atoms with Gasteiger partial charge < -0.3 is 4.74 Å². The van der Waals surface area contributed by atoms with Gasteiger partial charge in [0.1, 0.15) is 6.61 Å². The number of nitrogens with zero attached hydrogens (tertiary/aromatic N) is 3. The third-order valence-corrected chi connectivity index (χ3v) is 5.73. The van der Waals surface area contributed by atoms with E-state index in [9.17, 15) is 4.79 Å². The summed E-state index contributed by atoms with van der Waals surface area (Å²) < 4.78 is 7.35. The van der Waals surface area contributed by atoms with Crippen LogP contribution >= 0.6 is 0 Å². The van der Waals surface area contributed by atoms with Crippen LogP contribution in [0.15, 0.2) is 72.8 Å². The first kappa shape index (κ1) is 22.5. The first-order valence-electron chi connectivity index (χ1n) is 11.1. The van der Waals surface area contributed by atoms with Gasteiger partial charge in [-0.25, -0.2) is 14.5 Å². The summed E-state index contributed by atoms with van der Waals surface area (Å²) in [6.07, 6.45) is 0. The lowest BCUT2D eigenvalue weighted by Crippen LogP contribution is -2.14. The molecule has 3 aromatic carbocycles. The molecule has 5 heteroatoms. The Balaban J connectivity index is 1.62. The smallest absolute Gasteiger partial charge is 0.378 e. The minimum absolute atomic E-state index is 0.0410. The quantitative estimate of drug-likeness (QED) is 0.347. The zero-order valence-corrected chi connectivity index (χ0v) is 19.8. The van der Waals surface area contributed by atoms with Crippen molar-refractivity contribution in [1.82, 2.24) is 14.8 Å². The van der Waals surface area contributed by atoms with Crippen molar-refractivity contribution < 1.29 is 9.53 Å². The van der Waals surface area contributed by atoms with Gasteiger partial charge in [-0.15, -0.1) is 5.10 Å². The number of hydrogen-bond donors (Lipinski definition) is 0. The first-order valence-corrected chi connectivity index (χ1v) is 11.1. The second kappa shape index (κ2) is 9.02. The Morgan fingerprint density at radius 3 is 2.06 bits per heavy atom. The van der Waals surface area contributed by atoms with E-state index in [2.05, 4.69) is 56.8 Å². The van der Waals surface area contributed by atoms with Gasteiger partial charge in [-0.2, -0.15) is 0 Å². The van der Waals surface area contributed by atoms with E-state index in [4.69, 9.17) is 4.74 Å². The predicted octanol–water partition coefficient (Wildman–Crippen LogP) is 6.21. The summed E-state index contributed by atoms with van der Waals surface area (Å²) in [7, 11) is 0. The number of aromatic nitrogens is 3. The van der Waals surface area contributed by atoms with Crippen LogP contribution in [-0.4, -0.2) is 20.7 Å². The molecule has 0 amide bonds. The minimum Gasteiger partial charge on any atom is -0.455 e. The summed E-state index contributed by atoms with van der Waals surface area (Å²) in [6.45, 7) is 10.9. The lowest BCUT2D eigenvalue weighted by Gasteiger charge is -2.22. The Bertz CT molecular complexity index is 1190. The monoisotopic (exact) mass is 439 g/mol. The number of ether oxygens (including phenoxy) is 1. The van der Waals surface area contributed by atoms with Crippen LogP contribution in [0.2, 0.25) is 0 Å². The second-order valence-electron chi connectivity index (χ2n) is 9.29. The fourth-order valence-corrected chi connectivity index (χ4v) is 3.78. The molecule has 168 valence electrons. The molecule has 0 aliphatic carbocycles. The van der Waals surface area contributed by atoms with Crippen LogP contribution in [-0.2, 0) is 16.8 Å². The van der Waals surface area contributed by atoms with E-state index in [0.29, 0.717) is 5.82 Å². The Kier molecular flexibility index (Phi) is 6.14. The van der Waals surface area contributed by atoms with Gasteiger partial charge in [-0.1, -0.05) is 81.4 Å². The van der Waals surface area contributed by atoms with Gasteiger partial charge in [0.05, 0.1) is 5.69 Å². The fourth-order valence-electron chi connectivity index (χ4n) is 3.78. The van der Waals surface area contributed by atoms with Gasteiger partial charge in [-0.3, -0.25) is 0 Å². The Hall–Kier alpha value is -3.73. The van der Waals surface area contributed by atoms with Crippen LogP contribution in [0, 0.1) is 13.8 Å². The number of rotatable bonds is 5. The maximum Gasteiger partial charge on any atom is 0.378 e. The Morgan fingerprint density at radius 1 is 0.909 bits per heavy atom. The number of para-hydroxylation sites is 1. The van der Waals surface area contributed by atoms with Crippen LogP contribution in [0.5, 0.6) is 0 Å². The average Bonchev–Trinajstić information content (AvgIpc) is 3.24. The molecule has 1 aromatic heterocycles. The maximum atomic E-state index is 12.9. The molecule has 0 aliphatic rings. The van der Waals surface area contributed by atoms with Crippen molar-refractivity contribution in [2.75, 3.05) is 0 Å². The molecular weight excluding hydrogens is 410 g/mol. The molecule has 0 saturated carbocycles. The van der Waals surface area contributed by atoms with Crippen LogP contribution in [0.4, 0.5) is 0 Å². The van der Waals surface area contributed by atoms with Crippen LogP contribution in [0.3, 0.4) is 0 Å². The SMILES string of the molecule is Cc1cc(C(C)(C)C)cc(C)c1COC(=O)c1nc(-c2ccccc2)n(-c2ccccc2)n1. The highest BCUT2D eigenvalue weighted by Gasteiger charge is 2.21.